The molecule has 1 aliphatic heterocycles. The summed E-state index contributed by atoms with van der Waals surface area (Å²) in [6, 6.07) is 29.2. The van der Waals surface area contributed by atoms with Gasteiger partial charge in [0.15, 0.2) is 0 Å². The van der Waals surface area contributed by atoms with Gasteiger partial charge in [-0.3, -0.25) is 0 Å². The zero-order valence-electron chi connectivity index (χ0n) is 16.2. The van der Waals surface area contributed by atoms with Crippen LogP contribution in [0.2, 0.25) is 0 Å². The average molecular weight is 374 g/mol. The number of hydrogen-bond donors (Lipinski definition) is 0. The van der Waals surface area contributed by atoms with Crippen LogP contribution in [-0.2, 0) is 11.2 Å². The number of hydrogen-bond acceptors (Lipinski definition) is 2. The lowest BCUT2D eigenvalue weighted by Crippen LogP contribution is -2.31. The highest BCUT2D eigenvalue weighted by molar-refractivity contribution is 7.98. The van der Waals surface area contributed by atoms with Crippen LogP contribution < -0.4 is 0 Å². The molecule has 0 aliphatic carbocycles. The predicted molar refractivity (Wildman–Crippen MR) is 117 cm³/mol. The van der Waals surface area contributed by atoms with Gasteiger partial charge in [-0.05, 0) is 61.8 Å². The molecule has 0 bridgehead atoms. The van der Waals surface area contributed by atoms with E-state index in [9.17, 15) is 0 Å². The second-order valence-corrected chi connectivity index (χ2v) is 8.64. The summed E-state index contributed by atoms with van der Waals surface area (Å²) < 4.78 is 0. The maximum absolute atomic E-state index is 2.36. The molecule has 1 nitrogen and oxygen atoms in total. The first kappa shape index (κ1) is 18.3. The Balaban J connectivity index is 1.98. The molecule has 0 amide bonds. The Bertz CT molecular complexity index is 853. The Morgan fingerprint density at radius 1 is 0.815 bits per heavy atom. The Morgan fingerprint density at radius 2 is 1.48 bits per heavy atom. The second-order valence-electron chi connectivity index (χ2n) is 7.62. The van der Waals surface area contributed by atoms with E-state index in [2.05, 4.69) is 97.9 Å². The number of rotatable bonds is 5. The monoisotopic (exact) mass is 373 g/mol. The van der Waals surface area contributed by atoms with Crippen molar-refractivity contribution in [2.75, 3.05) is 20.6 Å². The number of nitrogens with zero attached hydrogens (tertiary/aromatic N) is 1. The fourth-order valence-corrected chi connectivity index (χ4v) is 5.55. The number of thioether (sulfide) groups is 1. The molecule has 0 fully saturated rings. The maximum Gasteiger partial charge on any atom is 0.0465 e. The first-order chi connectivity index (χ1) is 13.2. The minimum Gasteiger partial charge on any atom is -0.309 e. The smallest absolute Gasteiger partial charge is 0.0465 e. The van der Waals surface area contributed by atoms with Crippen molar-refractivity contribution in [1.29, 1.82) is 0 Å². The largest absolute Gasteiger partial charge is 0.309 e. The van der Waals surface area contributed by atoms with Crippen molar-refractivity contribution in [1.82, 2.24) is 4.90 Å². The molecule has 3 aromatic carbocycles. The van der Waals surface area contributed by atoms with E-state index in [4.69, 9.17) is 0 Å². The van der Waals surface area contributed by atoms with Crippen LogP contribution >= 0.6 is 11.8 Å². The lowest BCUT2D eigenvalue weighted by molar-refractivity contribution is 0.374. The zero-order chi connectivity index (χ0) is 18.7. The van der Waals surface area contributed by atoms with E-state index < -0.39 is 0 Å². The fourth-order valence-electron chi connectivity index (χ4n) is 4.42. The molecule has 1 atom stereocenters. The molecular formula is C25H27NS. The topological polar surface area (TPSA) is 3.24 Å². The summed E-state index contributed by atoms with van der Waals surface area (Å²) in [7, 11) is 4.33. The lowest BCUT2D eigenvalue weighted by atomic mass is 9.65. The molecule has 0 radical (unpaired) electrons. The standard InChI is InChI=1S/C25H27NS/c1-26(2)18-10-17-25(21-12-4-3-5-13-21)22-14-7-6-11-20(22)19-27-24-16-9-8-15-23(24)25/h3-9,11-16H,10,17-19H2,1-2H3/t25-/m0/s1. The van der Waals surface area contributed by atoms with Crippen LogP contribution in [0.5, 0.6) is 0 Å². The van der Waals surface area contributed by atoms with Gasteiger partial charge < -0.3 is 4.90 Å². The highest BCUT2D eigenvalue weighted by Crippen LogP contribution is 2.50. The van der Waals surface area contributed by atoms with Gasteiger partial charge in [0.25, 0.3) is 0 Å². The van der Waals surface area contributed by atoms with Crippen molar-refractivity contribution < 1.29 is 0 Å². The molecule has 1 aliphatic rings. The van der Waals surface area contributed by atoms with Gasteiger partial charge in [0, 0.05) is 16.1 Å². The SMILES string of the molecule is CN(C)CCC[C@]1(c2ccccc2)c2ccccc2CSc2ccccc21. The van der Waals surface area contributed by atoms with Crippen LogP contribution in [0, 0.1) is 0 Å². The van der Waals surface area contributed by atoms with E-state index in [1.165, 1.54) is 27.1 Å². The molecule has 27 heavy (non-hydrogen) atoms. The second kappa shape index (κ2) is 7.92. The van der Waals surface area contributed by atoms with E-state index in [1.807, 2.05) is 11.8 Å². The molecule has 0 N–H and O–H groups in total. The van der Waals surface area contributed by atoms with E-state index in [0.717, 1.165) is 25.1 Å². The molecule has 0 aromatic heterocycles. The molecular weight excluding hydrogens is 346 g/mol. The van der Waals surface area contributed by atoms with Gasteiger partial charge in [-0.15, -0.1) is 11.8 Å². The van der Waals surface area contributed by atoms with Crippen molar-refractivity contribution in [2.45, 2.75) is 28.9 Å². The molecule has 4 rings (SSSR count). The Labute approximate surface area is 167 Å². The summed E-state index contributed by atoms with van der Waals surface area (Å²) in [5.74, 6) is 1.04. The van der Waals surface area contributed by atoms with Crippen molar-refractivity contribution in [3.05, 3.63) is 101 Å². The highest BCUT2D eigenvalue weighted by atomic mass is 32.2. The van der Waals surface area contributed by atoms with Gasteiger partial charge in [0.05, 0.1) is 0 Å². The third kappa shape index (κ3) is 3.44. The highest BCUT2D eigenvalue weighted by Gasteiger charge is 2.40. The van der Waals surface area contributed by atoms with E-state index in [-0.39, 0.29) is 5.41 Å². The predicted octanol–water partition coefficient (Wildman–Crippen LogP) is 5.97. The fraction of sp³-hybridized carbons (Fsp3) is 0.280. The first-order valence-electron chi connectivity index (χ1n) is 9.73. The van der Waals surface area contributed by atoms with E-state index in [1.54, 1.807) is 0 Å². The number of fused-ring (bicyclic) bond motifs is 2. The lowest BCUT2D eigenvalue weighted by Gasteiger charge is -2.37. The molecule has 2 heteroatoms. The normalized spacial score (nSPS) is 18.6. The van der Waals surface area contributed by atoms with Crippen LogP contribution in [0.15, 0.2) is 83.8 Å². The average Bonchev–Trinajstić information content (AvgIpc) is 2.84. The van der Waals surface area contributed by atoms with Gasteiger partial charge in [0.1, 0.15) is 0 Å². The third-order valence-corrected chi connectivity index (χ3v) is 6.75. The van der Waals surface area contributed by atoms with Gasteiger partial charge in [-0.25, -0.2) is 0 Å². The van der Waals surface area contributed by atoms with Crippen LogP contribution in [0.4, 0.5) is 0 Å². The Kier molecular flexibility index (Phi) is 5.38. The van der Waals surface area contributed by atoms with Crippen LogP contribution in [0.3, 0.4) is 0 Å². The first-order valence-corrected chi connectivity index (χ1v) is 10.7. The quantitative estimate of drug-likeness (QED) is 0.542. The van der Waals surface area contributed by atoms with Crippen molar-refractivity contribution in [2.24, 2.45) is 0 Å². The minimum absolute atomic E-state index is 0.0893. The van der Waals surface area contributed by atoms with Crippen molar-refractivity contribution in [3.63, 3.8) is 0 Å². The zero-order valence-corrected chi connectivity index (χ0v) is 17.0. The summed E-state index contributed by atoms with van der Waals surface area (Å²) in [6.45, 7) is 1.10. The van der Waals surface area contributed by atoms with Crippen molar-refractivity contribution >= 4 is 11.8 Å². The molecule has 0 saturated heterocycles. The molecule has 0 spiro atoms. The van der Waals surface area contributed by atoms with E-state index >= 15 is 0 Å². The maximum atomic E-state index is 2.36. The molecule has 3 aromatic rings. The van der Waals surface area contributed by atoms with Crippen LogP contribution in [0.1, 0.15) is 35.1 Å². The summed E-state index contributed by atoms with van der Waals surface area (Å²) >= 11 is 1.98. The van der Waals surface area contributed by atoms with Gasteiger partial charge in [-0.2, -0.15) is 0 Å². The molecule has 0 unspecified atom stereocenters. The summed E-state index contributed by atoms with van der Waals surface area (Å²) in [4.78, 5) is 3.71. The summed E-state index contributed by atoms with van der Waals surface area (Å²) in [6.07, 6.45) is 2.28. The van der Waals surface area contributed by atoms with Crippen LogP contribution in [-0.4, -0.2) is 25.5 Å². The summed E-state index contributed by atoms with van der Waals surface area (Å²) in [5.41, 5.74) is 5.73. The summed E-state index contributed by atoms with van der Waals surface area (Å²) in [5, 5.41) is 0. The van der Waals surface area contributed by atoms with Crippen LogP contribution in [0.25, 0.3) is 0 Å². The molecule has 0 saturated carbocycles. The van der Waals surface area contributed by atoms with Crippen molar-refractivity contribution in [3.8, 4) is 0 Å². The minimum atomic E-state index is -0.0893. The third-order valence-electron chi connectivity index (χ3n) is 5.63. The van der Waals surface area contributed by atoms with Gasteiger partial charge in [-0.1, -0.05) is 72.8 Å². The molecule has 1 heterocycles. The Hall–Kier alpha value is -2.03. The van der Waals surface area contributed by atoms with Gasteiger partial charge in [0.2, 0.25) is 0 Å². The molecule has 138 valence electrons. The number of benzene rings is 3. The van der Waals surface area contributed by atoms with Gasteiger partial charge >= 0.3 is 0 Å². The van der Waals surface area contributed by atoms with E-state index in [0.29, 0.717) is 0 Å². The Morgan fingerprint density at radius 3 is 2.26 bits per heavy atom.